The first kappa shape index (κ1) is 64.5. The van der Waals surface area contributed by atoms with Crippen LogP contribution < -0.4 is 0 Å². The van der Waals surface area contributed by atoms with E-state index in [1.807, 2.05) is 12.2 Å². The van der Waals surface area contributed by atoms with Gasteiger partial charge in [0.2, 0.25) is 0 Å². The van der Waals surface area contributed by atoms with Crippen molar-refractivity contribution >= 4 is 17.9 Å². The maximum Gasteiger partial charge on any atom is 0.306 e. The molecule has 0 rings (SSSR count). The first-order valence-electron chi connectivity index (χ1n) is 27.7. The maximum atomic E-state index is 12.8. The normalized spacial score (nSPS) is 13.1. The first-order chi connectivity index (χ1) is 34.0. The van der Waals surface area contributed by atoms with E-state index in [1.165, 1.54) is 70.6 Å². The molecule has 69 heavy (non-hydrogen) atoms. The molecule has 0 bridgehead atoms. The quantitative estimate of drug-likeness (QED) is 0.0262. The van der Waals surface area contributed by atoms with E-state index in [0.717, 1.165) is 103 Å². The van der Waals surface area contributed by atoms with E-state index in [2.05, 4.69) is 142 Å². The highest BCUT2D eigenvalue weighted by Crippen LogP contribution is 2.13. The van der Waals surface area contributed by atoms with Gasteiger partial charge >= 0.3 is 17.9 Å². The van der Waals surface area contributed by atoms with Crippen molar-refractivity contribution in [1.29, 1.82) is 0 Å². The lowest BCUT2D eigenvalue weighted by Gasteiger charge is -2.18. The van der Waals surface area contributed by atoms with Crippen molar-refractivity contribution in [3.8, 4) is 0 Å². The molecule has 0 saturated carbocycles. The van der Waals surface area contributed by atoms with Gasteiger partial charge in [-0.15, -0.1) is 0 Å². The summed E-state index contributed by atoms with van der Waals surface area (Å²) in [7, 11) is 0. The Balaban J connectivity index is 4.48. The molecule has 0 aromatic rings. The van der Waals surface area contributed by atoms with Gasteiger partial charge in [0.15, 0.2) is 6.10 Å². The number of esters is 3. The second-order valence-corrected chi connectivity index (χ2v) is 17.7. The lowest BCUT2D eigenvalue weighted by molar-refractivity contribution is -0.166. The fraction of sp³-hybridized carbons (Fsp3) is 0.603. The van der Waals surface area contributed by atoms with Gasteiger partial charge in [0.05, 0.1) is 0 Å². The first-order valence-corrected chi connectivity index (χ1v) is 27.7. The van der Waals surface area contributed by atoms with Crippen LogP contribution in [0.15, 0.2) is 134 Å². The molecule has 0 radical (unpaired) electrons. The highest BCUT2D eigenvalue weighted by molar-refractivity contribution is 5.71. The van der Waals surface area contributed by atoms with Crippen LogP contribution in [0.25, 0.3) is 0 Å². The van der Waals surface area contributed by atoms with E-state index in [1.54, 1.807) is 0 Å². The summed E-state index contributed by atoms with van der Waals surface area (Å²) in [5.74, 6) is -1.07. The van der Waals surface area contributed by atoms with E-state index in [4.69, 9.17) is 14.2 Å². The van der Waals surface area contributed by atoms with Crippen LogP contribution in [0.4, 0.5) is 0 Å². The molecule has 388 valence electrons. The second-order valence-electron chi connectivity index (χ2n) is 17.7. The van der Waals surface area contributed by atoms with Crippen LogP contribution in [0.5, 0.6) is 0 Å². The standard InChI is InChI=1S/C63H100O6/c1-4-7-10-13-16-19-22-25-27-28-29-30-31-32-33-34-36-38-41-44-47-50-53-56-62(65)68-59-60(58-67-61(64)55-52-49-46-43-40-37-24-21-18-15-12-9-6-3)69-63(66)57-54-51-48-45-42-39-35-26-23-20-17-14-11-8-5-2/h8-9,11-12,17-18,20-22,25-26,28-29,31-32,35,37,40,42,45-46,49,60H,4-7,10,13-16,19,23-24,27,30,33-34,36,38-39,41,43-44,47-48,50-59H2,1-3H3/b11-8-,12-9-,20-17-,21-18-,25-22-,29-28-,32-31-,35-26-,40-37-,45-42-,49-46-. The molecule has 0 amide bonds. The van der Waals surface area contributed by atoms with Crippen LogP contribution in [-0.2, 0) is 28.6 Å². The summed E-state index contributed by atoms with van der Waals surface area (Å²) >= 11 is 0. The van der Waals surface area contributed by atoms with Crippen molar-refractivity contribution < 1.29 is 28.6 Å². The van der Waals surface area contributed by atoms with Crippen molar-refractivity contribution in [1.82, 2.24) is 0 Å². The summed E-state index contributed by atoms with van der Waals surface area (Å²) in [5, 5.41) is 0. The van der Waals surface area contributed by atoms with E-state index < -0.39 is 6.10 Å². The van der Waals surface area contributed by atoms with Crippen molar-refractivity contribution in [2.75, 3.05) is 13.2 Å². The smallest absolute Gasteiger partial charge is 0.306 e. The zero-order valence-corrected chi connectivity index (χ0v) is 44.3. The number of ether oxygens (including phenoxy) is 3. The Morgan fingerprint density at radius 1 is 0.304 bits per heavy atom. The van der Waals surface area contributed by atoms with E-state index in [-0.39, 0.29) is 44.0 Å². The topological polar surface area (TPSA) is 78.9 Å². The molecular weight excluding hydrogens is 853 g/mol. The van der Waals surface area contributed by atoms with Crippen LogP contribution in [0.1, 0.15) is 226 Å². The molecule has 0 N–H and O–H groups in total. The van der Waals surface area contributed by atoms with Gasteiger partial charge in [-0.05, 0) is 122 Å². The van der Waals surface area contributed by atoms with Gasteiger partial charge in [0.1, 0.15) is 13.2 Å². The molecule has 1 atom stereocenters. The number of unbranched alkanes of at least 4 members (excludes halogenated alkanes) is 15. The second kappa shape index (κ2) is 56.1. The summed E-state index contributed by atoms with van der Waals surface area (Å²) in [5.41, 5.74) is 0. The minimum atomic E-state index is -0.837. The molecule has 0 spiro atoms. The molecule has 0 fully saturated rings. The van der Waals surface area contributed by atoms with E-state index in [0.29, 0.717) is 19.3 Å². The number of rotatable bonds is 48. The number of carbonyl (C=O) groups excluding carboxylic acids is 3. The monoisotopic (exact) mass is 953 g/mol. The maximum absolute atomic E-state index is 12.8. The molecule has 6 nitrogen and oxygen atoms in total. The van der Waals surface area contributed by atoms with Gasteiger partial charge < -0.3 is 14.2 Å². The molecule has 0 heterocycles. The largest absolute Gasteiger partial charge is 0.462 e. The lowest BCUT2D eigenvalue weighted by atomic mass is 10.1. The Kier molecular flexibility index (Phi) is 52.5. The molecule has 0 aliphatic carbocycles. The van der Waals surface area contributed by atoms with E-state index >= 15 is 0 Å². The highest BCUT2D eigenvalue weighted by atomic mass is 16.6. The van der Waals surface area contributed by atoms with Gasteiger partial charge in [0.25, 0.3) is 0 Å². The number of carbonyl (C=O) groups is 3. The number of hydrogen-bond acceptors (Lipinski definition) is 6. The average Bonchev–Trinajstić information content (AvgIpc) is 3.35. The summed E-state index contributed by atoms with van der Waals surface area (Å²) in [6.45, 7) is 6.27. The summed E-state index contributed by atoms with van der Waals surface area (Å²) in [4.78, 5) is 38.0. The Morgan fingerprint density at radius 3 is 1.00 bits per heavy atom. The minimum Gasteiger partial charge on any atom is -0.462 e. The third-order valence-corrected chi connectivity index (χ3v) is 11.1. The fourth-order valence-corrected chi connectivity index (χ4v) is 7.04. The molecule has 0 saturated heterocycles. The van der Waals surface area contributed by atoms with Crippen LogP contribution >= 0.6 is 0 Å². The number of allylic oxidation sites excluding steroid dienone is 22. The molecular formula is C63H100O6. The third kappa shape index (κ3) is 54.4. The highest BCUT2D eigenvalue weighted by Gasteiger charge is 2.19. The molecule has 1 unspecified atom stereocenters. The lowest BCUT2D eigenvalue weighted by Crippen LogP contribution is -2.30. The van der Waals surface area contributed by atoms with Crippen LogP contribution in [0, 0.1) is 0 Å². The Hall–Kier alpha value is -4.45. The molecule has 0 aromatic carbocycles. The minimum absolute atomic E-state index is 0.125. The summed E-state index contributed by atoms with van der Waals surface area (Å²) < 4.78 is 16.7. The van der Waals surface area contributed by atoms with Gasteiger partial charge in [-0.2, -0.15) is 0 Å². The molecule has 6 heteroatoms. The fourth-order valence-electron chi connectivity index (χ4n) is 7.04. The summed E-state index contributed by atoms with van der Waals surface area (Å²) in [6.07, 6.45) is 78.9. The van der Waals surface area contributed by atoms with Crippen LogP contribution in [-0.4, -0.2) is 37.2 Å². The average molecular weight is 953 g/mol. The van der Waals surface area contributed by atoms with Gasteiger partial charge in [0, 0.05) is 19.3 Å². The molecule has 0 aliphatic heterocycles. The van der Waals surface area contributed by atoms with E-state index in [9.17, 15) is 14.4 Å². The Labute approximate surface area is 424 Å². The van der Waals surface area contributed by atoms with Crippen molar-refractivity contribution in [3.05, 3.63) is 134 Å². The predicted octanol–water partition coefficient (Wildman–Crippen LogP) is 18.6. The molecule has 0 aromatic heterocycles. The van der Waals surface area contributed by atoms with Crippen molar-refractivity contribution in [3.63, 3.8) is 0 Å². The van der Waals surface area contributed by atoms with Crippen molar-refractivity contribution in [2.24, 2.45) is 0 Å². The van der Waals surface area contributed by atoms with Crippen LogP contribution in [0.2, 0.25) is 0 Å². The van der Waals surface area contributed by atoms with Crippen LogP contribution in [0.3, 0.4) is 0 Å². The van der Waals surface area contributed by atoms with Gasteiger partial charge in [-0.3, -0.25) is 14.4 Å². The predicted molar refractivity (Wildman–Crippen MR) is 297 cm³/mol. The Morgan fingerprint density at radius 2 is 0.594 bits per heavy atom. The molecule has 0 aliphatic rings. The summed E-state index contributed by atoms with van der Waals surface area (Å²) in [6, 6.07) is 0. The van der Waals surface area contributed by atoms with Crippen molar-refractivity contribution in [2.45, 2.75) is 232 Å². The van der Waals surface area contributed by atoms with Gasteiger partial charge in [-0.25, -0.2) is 0 Å². The Bertz CT molecular complexity index is 1510. The zero-order valence-electron chi connectivity index (χ0n) is 44.3. The van der Waals surface area contributed by atoms with Gasteiger partial charge in [-0.1, -0.05) is 219 Å². The SMILES string of the molecule is CC/C=C\C/C=C\C/C=C\C/C=C\CCCCC(=O)OC(COC(=O)CC/C=C\C/C=C\C/C=C\C/C=C\CC)COC(=O)CCCCCCCCCC/C=C\C/C=C\C/C=C\CCCCCCC. The third-order valence-electron chi connectivity index (χ3n) is 11.1. The number of hydrogen-bond donors (Lipinski definition) is 0. The zero-order chi connectivity index (χ0) is 50.0.